The number of hydrogen-bond donors (Lipinski definition) is 2. The lowest BCUT2D eigenvalue weighted by atomic mass is 10.0. The van der Waals surface area contributed by atoms with Crippen LogP contribution in [0.3, 0.4) is 0 Å². The highest BCUT2D eigenvalue weighted by molar-refractivity contribution is 6.02. The van der Waals surface area contributed by atoms with Gasteiger partial charge in [0.15, 0.2) is 0 Å². The number of nitrogens with zero attached hydrogens (tertiary/aromatic N) is 2. The second-order valence-corrected chi connectivity index (χ2v) is 8.15. The van der Waals surface area contributed by atoms with Gasteiger partial charge in [-0.25, -0.2) is 0 Å². The van der Waals surface area contributed by atoms with E-state index in [1.165, 1.54) is 25.7 Å². The first kappa shape index (κ1) is 23.2. The molecular formula is C23H38N4O2. The van der Waals surface area contributed by atoms with Crippen LogP contribution >= 0.6 is 0 Å². The molecule has 0 spiro atoms. The molecule has 0 aromatic heterocycles. The van der Waals surface area contributed by atoms with Crippen LogP contribution in [-0.2, 0) is 4.79 Å². The fraction of sp³-hybridized carbons (Fsp3) is 0.652. The quantitative estimate of drug-likeness (QED) is 0.592. The van der Waals surface area contributed by atoms with Crippen molar-refractivity contribution in [2.45, 2.75) is 52.4 Å². The summed E-state index contributed by atoms with van der Waals surface area (Å²) in [6, 6.07) is 5.55. The van der Waals surface area contributed by atoms with Gasteiger partial charge in [0.1, 0.15) is 0 Å². The molecule has 1 aromatic rings. The molecule has 1 aromatic carbocycles. The molecule has 1 aliphatic carbocycles. The van der Waals surface area contributed by atoms with E-state index in [-0.39, 0.29) is 11.8 Å². The molecule has 0 unspecified atom stereocenters. The number of hydrogen-bond acceptors (Lipinski definition) is 4. The molecule has 1 fully saturated rings. The van der Waals surface area contributed by atoms with Crippen molar-refractivity contribution < 1.29 is 9.59 Å². The first-order valence-electron chi connectivity index (χ1n) is 11.1. The minimum absolute atomic E-state index is 0.0300. The fourth-order valence-electron chi connectivity index (χ4n) is 4.01. The Morgan fingerprint density at radius 2 is 1.79 bits per heavy atom. The number of amides is 2. The Labute approximate surface area is 176 Å². The van der Waals surface area contributed by atoms with Gasteiger partial charge in [0.2, 0.25) is 5.91 Å². The van der Waals surface area contributed by atoms with Crippen molar-refractivity contribution in [3.8, 4) is 0 Å². The predicted molar refractivity (Wildman–Crippen MR) is 121 cm³/mol. The normalized spacial score (nSPS) is 14.2. The molecule has 29 heavy (non-hydrogen) atoms. The highest BCUT2D eigenvalue weighted by Gasteiger charge is 2.18. The van der Waals surface area contributed by atoms with Crippen LogP contribution in [0.1, 0.15) is 62.7 Å². The summed E-state index contributed by atoms with van der Waals surface area (Å²) in [6.45, 7) is 7.61. The minimum atomic E-state index is -0.108. The van der Waals surface area contributed by atoms with Gasteiger partial charge >= 0.3 is 0 Å². The monoisotopic (exact) mass is 402 g/mol. The standard InChI is InChI=1S/C23H38N4O2/c1-5-27(6-2)16-15-24-23(29)20-17-19(12-13-21(20)26(3)4)25-22(28)14-11-18-9-7-8-10-18/h12-13,17-18H,5-11,14-16H2,1-4H3,(H,24,29)(H,25,28). The number of nitrogens with one attached hydrogen (secondary N) is 2. The number of carbonyl (C=O) groups excluding carboxylic acids is 2. The zero-order valence-corrected chi connectivity index (χ0v) is 18.6. The van der Waals surface area contributed by atoms with Crippen molar-refractivity contribution in [1.82, 2.24) is 10.2 Å². The molecule has 0 heterocycles. The van der Waals surface area contributed by atoms with Gasteiger partial charge in [0, 0.05) is 45.0 Å². The Morgan fingerprint density at radius 1 is 1.10 bits per heavy atom. The van der Waals surface area contributed by atoms with E-state index in [4.69, 9.17) is 0 Å². The van der Waals surface area contributed by atoms with Crippen LogP contribution in [0.15, 0.2) is 18.2 Å². The van der Waals surface area contributed by atoms with Crippen LogP contribution in [0.5, 0.6) is 0 Å². The topological polar surface area (TPSA) is 64.7 Å². The van der Waals surface area contributed by atoms with Gasteiger partial charge in [-0.15, -0.1) is 0 Å². The van der Waals surface area contributed by atoms with E-state index in [1.54, 1.807) is 6.07 Å². The predicted octanol–water partition coefficient (Wildman–Crippen LogP) is 3.73. The summed E-state index contributed by atoms with van der Waals surface area (Å²) in [6.07, 6.45) is 6.60. The summed E-state index contributed by atoms with van der Waals surface area (Å²) in [7, 11) is 3.84. The molecule has 162 valence electrons. The van der Waals surface area contributed by atoms with E-state index >= 15 is 0 Å². The molecule has 2 rings (SSSR count). The molecule has 0 aliphatic heterocycles. The maximum Gasteiger partial charge on any atom is 0.253 e. The summed E-state index contributed by atoms with van der Waals surface area (Å²) >= 11 is 0. The van der Waals surface area contributed by atoms with Gasteiger partial charge in [-0.05, 0) is 43.6 Å². The van der Waals surface area contributed by atoms with Crippen LogP contribution in [-0.4, -0.2) is 57.0 Å². The fourth-order valence-corrected chi connectivity index (χ4v) is 4.01. The first-order valence-corrected chi connectivity index (χ1v) is 11.1. The van der Waals surface area contributed by atoms with Crippen LogP contribution in [0.4, 0.5) is 11.4 Å². The second kappa shape index (κ2) is 11.8. The number of likely N-dealkylation sites (N-methyl/N-ethyl adjacent to an activating group) is 1. The summed E-state index contributed by atoms with van der Waals surface area (Å²) in [4.78, 5) is 29.3. The number of anilines is 2. The Balaban J connectivity index is 1.98. The van der Waals surface area contributed by atoms with Gasteiger partial charge in [-0.1, -0.05) is 39.5 Å². The lowest BCUT2D eigenvalue weighted by Crippen LogP contribution is -2.35. The van der Waals surface area contributed by atoms with Crippen molar-refractivity contribution in [2.75, 3.05) is 50.5 Å². The third-order valence-corrected chi connectivity index (χ3v) is 5.87. The lowest BCUT2D eigenvalue weighted by Gasteiger charge is -2.20. The Morgan fingerprint density at radius 3 is 2.41 bits per heavy atom. The van der Waals surface area contributed by atoms with Crippen LogP contribution in [0, 0.1) is 5.92 Å². The zero-order valence-electron chi connectivity index (χ0n) is 18.6. The summed E-state index contributed by atoms with van der Waals surface area (Å²) < 4.78 is 0. The van der Waals surface area contributed by atoms with Gasteiger partial charge in [-0.3, -0.25) is 9.59 Å². The molecule has 0 bridgehead atoms. The average Bonchev–Trinajstić information content (AvgIpc) is 3.23. The highest BCUT2D eigenvalue weighted by Crippen LogP contribution is 2.29. The molecule has 6 nitrogen and oxygen atoms in total. The van der Waals surface area contributed by atoms with E-state index < -0.39 is 0 Å². The van der Waals surface area contributed by atoms with Crippen LogP contribution < -0.4 is 15.5 Å². The third-order valence-electron chi connectivity index (χ3n) is 5.87. The van der Waals surface area contributed by atoms with Crippen LogP contribution in [0.2, 0.25) is 0 Å². The molecule has 2 N–H and O–H groups in total. The summed E-state index contributed by atoms with van der Waals surface area (Å²) in [5.74, 6) is 0.620. The first-order chi connectivity index (χ1) is 13.9. The highest BCUT2D eigenvalue weighted by atomic mass is 16.2. The molecular weight excluding hydrogens is 364 g/mol. The molecule has 0 saturated heterocycles. The van der Waals surface area contributed by atoms with Crippen LogP contribution in [0.25, 0.3) is 0 Å². The van der Waals surface area contributed by atoms with E-state index in [2.05, 4.69) is 29.4 Å². The van der Waals surface area contributed by atoms with Gasteiger partial charge in [-0.2, -0.15) is 0 Å². The van der Waals surface area contributed by atoms with Gasteiger partial charge in [0.05, 0.1) is 5.56 Å². The molecule has 0 atom stereocenters. The molecule has 1 saturated carbocycles. The molecule has 6 heteroatoms. The average molecular weight is 403 g/mol. The van der Waals surface area contributed by atoms with Crippen molar-refractivity contribution in [3.63, 3.8) is 0 Å². The van der Waals surface area contributed by atoms with Gasteiger partial charge in [0.25, 0.3) is 5.91 Å². The van der Waals surface area contributed by atoms with E-state index in [1.807, 2.05) is 31.1 Å². The number of rotatable bonds is 11. The minimum Gasteiger partial charge on any atom is -0.377 e. The zero-order chi connectivity index (χ0) is 21.2. The lowest BCUT2D eigenvalue weighted by molar-refractivity contribution is -0.116. The Bertz CT molecular complexity index is 665. The molecule has 2 amide bonds. The van der Waals surface area contributed by atoms with E-state index in [0.29, 0.717) is 30.1 Å². The summed E-state index contributed by atoms with van der Waals surface area (Å²) in [5.41, 5.74) is 2.11. The summed E-state index contributed by atoms with van der Waals surface area (Å²) in [5, 5.41) is 5.99. The van der Waals surface area contributed by atoms with Crippen molar-refractivity contribution >= 4 is 23.2 Å². The SMILES string of the molecule is CCN(CC)CCNC(=O)c1cc(NC(=O)CCC2CCCC2)ccc1N(C)C. The largest absolute Gasteiger partial charge is 0.377 e. The molecule has 1 aliphatic rings. The van der Waals surface area contributed by atoms with Gasteiger partial charge < -0.3 is 20.4 Å². The second-order valence-electron chi connectivity index (χ2n) is 8.15. The van der Waals surface area contributed by atoms with Crippen molar-refractivity contribution in [2.24, 2.45) is 5.92 Å². The van der Waals surface area contributed by atoms with Crippen molar-refractivity contribution in [1.29, 1.82) is 0 Å². The van der Waals surface area contributed by atoms with Crippen molar-refractivity contribution in [3.05, 3.63) is 23.8 Å². The smallest absolute Gasteiger partial charge is 0.253 e. The molecule has 0 radical (unpaired) electrons. The Hall–Kier alpha value is -2.08. The third kappa shape index (κ3) is 7.35. The number of carbonyl (C=O) groups is 2. The number of benzene rings is 1. The van der Waals surface area contributed by atoms with E-state index in [0.717, 1.165) is 31.7 Å². The van der Waals surface area contributed by atoms with E-state index in [9.17, 15) is 9.59 Å². The Kier molecular flexibility index (Phi) is 9.45. The maximum absolute atomic E-state index is 12.8. The maximum atomic E-state index is 12.8.